The van der Waals surface area contributed by atoms with Crippen LogP contribution in [0.1, 0.15) is 71.8 Å². The van der Waals surface area contributed by atoms with Crippen molar-refractivity contribution in [2.45, 2.75) is 78.2 Å². The molecule has 1 aromatic carbocycles. The number of amides is 3. The lowest BCUT2D eigenvalue weighted by Crippen LogP contribution is -2.47. The molecule has 0 aromatic heterocycles. The van der Waals surface area contributed by atoms with Gasteiger partial charge in [-0.15, -0.1) is 0 Å². The Hall–Kier alpha value is -3.10. The molecule has 0 radical (unpaired) electrons. The van der Waals surface area contributed by atoms with Crippen LogP contribution in [0.3, 0.4) is 0 Å². The van der Waals surface area contributed by atoms with E-state index in [-0.39, 0.29) is 36.3 Å². The number of piperidine rings is 2. The molecule has 2 fully saturated rings. The highest BCUT2D eigenvalue weighted by molar-refractivity contribution is 5.82. The zero-order valence-electron chi connectivity index (χ0n) is 24.7. The molecule has 2 saturated heterocycles. The molecule has 9 nitrogen and oxygen atoms in total. The van der Waals surface area contributed by atoms with E-state index < -0.39 is 11.5 Å². The fourth-order valence-corrected chi connectivity index (χ4v) is 5.40. The van der Waals surface area contributed by atoms with E-state index in [0.29, 0.717) is 51.5 Å². The molecule has 0 saturated carbocycles. The van der Waals surface area contributed by atoms with E-state index in [0.717, 1.165) is 37.7 Å². The average molecular weight is 558 g/mol. The molecule has 0 aliphatic carbocycles. The molecular weight excluding hydrogens is 510 g/mol. The van der Waals surface area contributed by atoms with Crippen molar-refractivity contribution in [2.24, 2.45) is 17.8 Å². The zero-order valence-corrected chi connectivity index (χ0v) is 24.7. The van der Waals surface area contributed by atoms with Gasteiger partial charge in [-0.05, 0) is 77.7 Å². The van der Waals surface area contributed by atoms with Gasteiger partial charge < -0.3 is 24.6 Å². The van der Waals surface area contributed by atoms with Gasteiger partial charge in [-0.3, -0.25) is 14.4 Å². The molecule has 9 heteroatoms. The van der Waals surface area contributed by atoms with Crippen LogP contribution in [-0.2, 0) is 30.3 Å². The molecular formula is C31H47N3O6. The van der Waals surface area contributed by atoms with Crippen LogP contribution in [0, 0.1) is 17.8 Å². The molecule has 2 aliphatic heterocycles. The first-order chi connectivity index (χ1) is 19.1. The number of ether oxygens (including phenoxy) is 2. The minimum absolute atomic E-state index is 0.0838. The van der Waals surface area contributed by atoms with Crippen LogP contribution in [0.15, 0.2) is 30.3 Å². The van der Waals surface area contributed by atoms with E-state index in [9.17, 15) is 19.2 Å². The summed E-state index contributed by atoms with van der Waals surface area (Å²) in [4.78, 5) is 54.5. The van der Waals surface area contributed by atoms with E-state index >= 15 is 0 Å². The van der Waals surface area contributed by atoms with Crippen molar-refractivity contribution >= 4 is 23.9 Å². The highest BCUT2D eigenvalue weighted by Crippen LogP contribution is 2.25. The quantitative estimate of drug-likeness (QED) is 0.433. The zero-order chi connectivity index (χ0) is 29.1. The third-order valence-corrected chi connectivity index (χ3v) is 7.65. The van der Waals surface area contributed by atoms with Crippen molar-refractivity contribution in [1.29, 1.82) is 0 Å². The van der Waals surface area contributed by atoms with Crippen molar-refractivity contribution in [3.63, 3.8) is 0 Å². The number of carbonyl (C=O) groups is 4. The Morgan fingerprint density at radius 3 is 2.35 bits per heavy atom. The summed E-state index contributed by atoms with van der Waals surface area (Å²) in [5.41, 5.74) is 0.508. The van der Waals surface area contributed by atoms with E-state index in [2.05, 4.69) is 5.32 Å². The van der Waals surface area contributed by atoms with Gasteiger partial charge in [-0.1, -0.05) is 30.3 Å². The maximum atomic E-state index is 13.0. The molecule has 1 aromatic rings. The number of nitrogens with zero attached hydrogens (tertiary/aromatic N) is 2. The van der Waals surface area contributed by atoms with E-state index in [1.807, 2.05) is 56.0 Å². The monoisotopic (exact) mass is 557 g/mol. The maximum absolute atomic E-state index is 13.0. The Kier molecular flexibility index (Phi) is 11.8. The lowest BCUT2D eigenvalue weighted by molar-refractivity contribution is -0.148. The molecule has 3 rings (SSSR count). The number of nitrogens with one attached hydrogen (secondary N) is 1. The average Bonchev–Trinajstić information content (AvgIpc) is 2.93. The van der Waals surface area contributed by atoms with Gasteiger partial charge in [0.1, 0.15) is 5.60 Å². The van der Waals surface area contributed by atoms with Crippen LogP contribution in [-0.4, -0.2) is 78.6 Å². The second-order valence-corrected chi connectivity index (χ2v) is 12.0. The van der Waals surface area contributed by atoms with Crippen LogP contribution in [0.4, 0.5) is 4.79 Å². The molecule has 2 heterocycles. The van der Waals surface area contributed by atoms with Gasteiger partial charge in [0.15, 0.2) is 0 Å². The largest absolute Gasteiger partial charge is 0.466 e. The molecule has 3 amide bonds. The molecule has 1 N–H and O–H groups in total. The molecule has 40 heavy (non-hydrogen) atoms. The Balaban J connectivity index is 1.42. The summed E-state index contributed by atoms with van der Waals surface area (Å²) in [5, 5.41) is 2.96. The Morgan fingerprint density at radius 1 is 1.00 bits per heavy atom. The van der Waals surface area contributed by atoms with Gasteiger partial charge in [-0.25, -0.2) is 4.79 Å². The molecule has 222 valence electrons. The van der Waals surface area contributed by atoms with Crippen molar-refractivity contribution < 1.29 is 28.7 Å². The summed E-state index contributed by atoms with van der Waals surface area (Å²) in [6, 6.07) is 9.70. The highest BCUT2D eigenvalue weighted by Gasteiger charge is 2.31. The maximum Gasteiger partial charge on any atom is 0.410 e. The van der Waals surface area contributed by atoms with Crippen LogP contribution in [0.2, 0.25) is 0 Å². The number of carbonyl (C=O) groups excluding carboxylic acids is 4. The van der Waals surface area contributed by atoms with E-state index in [1.165, 1.54) is 0 Å². The topological polar surface area (TPSA) is 105 Å². The lowest BCUT2D eigenvalue weighted by Gasteiger charge is -2.34. The van der Waals surface area contributed by atoms with E-state index in [1.54, 1.807) is 11.8 Å². The number of hydrogen-bond acceptors (Lipinski definition) is 6. The predicted octanol–water partition coefficient (Wildman–Crippen LogP) is 4.19. The van der Waals surface area contributed by atoms with Crippen molar-refractivity contribution in [2.75, 3.05) is 39.3 Å². The molecule has 2 atom stereocenters. The minimum atomic E-state index is -0.506. The van der Waals surface area contributed by atoms with Crippen LogP contribution >= 0.6 is 0 Å². The SMILES string of the molecule is CCOC(=O)C(CNC(=O)[C@@H]1CCCN(C(=O)CCC2CCN(C(=O)OC(C)(C)C)CC2)C1)Cc1ccccc1. The first kappa shape index (κ1) is 31.4. The Labute approximate surface area is 238 Å². The van der Waals surface area contributed by atoms with Crippen molar-refractivity contribution in [3.8, 4) is 0 Å². The first-order valence-electron chi connectivity index (χ1n) is 14.8. The summed E-state index contributed by atoms with van der Waals surface area (Å²) < 4.78 is 10.7. The Bertz CT molecular complexity index is 985. The highest BCUT2D eigenvalue weighted by atomic mass is 16.6. The van der Waals surface area contributed by atoms with Gasteiger partial charge in [0.05, 0.1) is 18.4 Å². The van der Waals surface area contributed by atoms with Gasteiger partial charge >= 0.3 is 12.1 Å². The standard InChI is InChI=1S/C31H47N3O6/c1-5-39-29(37)26(20-24-10-7-6-8-11-24)21-32-28(36)25-12-9-17-34(22-25)27(35)14-13-23-15-18-33(19-16-23)30(38)40-31(2,3)4/h6-8,10-11,23,25-26H,5,9,12-22H2,1-4H3,(H,32,36)/t25-,26?/m1/s1. The molecule has 1 unspecified atom stereocenters. The summed E-state index contributed by atoms with van der Waals surface area (Å²) >= 11 is 0. The first-order valence-corrected chi connectivity index (χ1v) is 14.8. The van der Waals surface area contributed by atoms with Crippen LogP contribution in [0.25, 0.3) is 0 Å². The number of benzene rings is 1. The lowest BCUT2D eigenvalue weighted by atomic mass is 9.91. The molecule has 0 bridgehead atoms. The number of esters is 1. The normalized spacial score (nSPS) is 19.1. The third-order valence-electron chi connectivity index (χ3n) is 7.65. The number of hydrogen-bond donors (Lipinski definition) is 1. The van der Waals surface area contributed by atoms with Crippen LogP contribution < -0.4 is 5.32 Å². The van der Waals surface area contributed by atoms with Gasteiger partial charge in [0.25, 0.3) is 0 Å². The second kappa shape index (κ2) is 15.1. The summed E-state index contributed by atoms with van der Waals surface area (Å²) in [7, 11) is 0. The smallest absolute Gasteiger partial charge is 0.410 e. The predicted molar refractivity (Wildman–Crippen MR) is 152 cm³/mol. The van der Waals surface area contributed by atoms with Gasteiger partial charge in [0, 0.05) is 39.1 Å². The second-order valence-electron chi connectivity index (χ2n) is 12.0. The van der Waals surface area contributed by atoms with Crippen LogP contribution in [0.5, 0.6) is 0 Å². The van der Waals surface area contributed by atoms with Crippen molar-refractivity contribution in [1.82, 2.24) is 15.1 Å². The van der Waals surface area contributed by atoms with Gasteiger partial charge in [-0.2, -0.15) is 0 Å². The fraction of sp³-hybridized carbons (Fsp3) is 0.677. The fourth-order valence-electron chi connectivity index (χ4n) is 5.40. The Morgan fingerprint density at radius 2 is 1.70 bits per heavy atom. The number of rotatable bonds is 10. The van der Waals surface area contributed by atoms with Gasteiger partial charge in [0.2, 0.25) is 11.8 Å². The van der Waals surface area contributed by atoms with Crippen molar-refractivity contribution in [3.05, 3.63) is 35.9 Å². The third kappa shape index (κ3) is 10.1. The number of likely N-dealkylation sites (tertiary alicyclic amines) is 2. The summed E-state index contributed by atoms with van der Waals surface area (Å²) in [6.45, 7) is 10.2. The summed E-state index contributed by atoms with van der Waals surface area (Å²) in [6.07, 6.45) is 4.69. The minimum Gasteiger partial charge on any atom is -0.466 e. The molecule has 0 spiro atoms. The van der Waals surface area contributed by atoms with E-state index in [4.69, 9.17) is 9.47 Å². The molecule has 2 aliphatic rings. The summed E-state index contributed by atoms with van der Waals surface area (Å²) in [5.74, 6) is -0.696.